The molecule has 2 aliphatic heterocycles. The molecule has 6 atom stereocenters. The van der Waals surface area contributed by atoms with E-state index in [2.05, 4.69) is 15.5 Å². The normalized spacial score (nSPS) is 24.2. The highest BCUT2D eigenvalue weighted by atomic mass is 17.0. The van der Waals surface area contributed by atoms with Crippen LogP contribution in [0, 0.1) is 10.1 Å². The van der Waals surface area contributed by atoms with E-state index in [0.717, 1.165) is 6.92 Å². The van der Waals surface area contributed by atoms with Crippen LogP contribution in [0.15, 0.2) is 0 Å². The molecule has 0 saturated carbocycles. The van der Waals surface area contributed by atoms with E-state index < -0.39 is 65.2 Å². The summed E-state index contributed by atoms with van der Waals surface area (Å²) in [5.74, 6) is -4.19. The quantitative estimate of drug-likeness (QED) is 0.0594. The van der Waals surface area contributed by atoms with Crippen LogP contribution >= 0.6 is 0 Å². The summed E-state index contributed by atoms with van der Waals surface area (Å²) in [5, 5.41) is 23.3. The Labute approximate surface area is 205 Å². The molecule has 0 spiro atoms. The Morgan fingerprint density at radius 2 is 1.75 bits per heavy atom. The number of hydrogen-bond donors (Lipinski definition) is 4. The van der Waals surface area contributed by atoms with Gasteiger partial charge in [0.25, 0.3) is 11.0 Å². The van der Waals surface area contributed by atoms with Gasteiger partial charge in [-0.3, -0.25) is 19.2 Å². The van der Waals surface area contributed by atoms with Crippen LogP contribution in [0.3, 0.4) is 0 Å². The van der Waals surface area contributed by atoms with Gasteiger partial charge in [-0.05, 0) is 25.7 Å². The summed E-state index contributed by atoms with van der Waals surface area (Å²) >= 11 is 0. The lowest BCUT2D eigenvalue weighted by molar-refractivity contribution is -0.769. The Balaban J connectivity index is 1.82. The molecular formula is C20H30N4O12. The number of aliphatic carboxylic acids is 1. The van der Waals surface area contributed by atoms with Crippen LogP contribution in [-0.2, 0) is 43.0 Å². The first-order valence-electron chi connectivity index (χ1n) is 11.3. The molecule has 0 radical (unpaired) electrons. The molecule has 2 aliphatic rings. The van der Waals surface area contributed by atoms with E-state index in [0.29, 0.717) is 12.8 Å². The number of carbonyl (C=O) groups is 5. The Morgan fingerprint density at radius 1 is 1.11 bits per heavy atom. The number of nitrogens with two attached hydrogens (primary N) is 1. The number of amides is 2. The standard InChI is InChI=1S/C20H30N4O12/c1-10(25)18(27)23-12(4-2-3-7-22-15(26)6-5-11(21)19(28)29)20(30)35-13-8-33-17-14(36-24(31)32)9-34-16(13)17/h11-14,16-17H,2-9,21H2,1H3,(H,22,26)(H,23,27)(H,28,29)/t11-,12-,13-,14+,16?,17?/m0/s1. The number of ether oxygens (including phenoxy) is 3. The van der Waals surface area contributed by atoms with E-state index in [1.54, 1.807) is 0 Å². The van der Waals surface area contributed by atoms with Crippen molar-refractivity contribution in [3.63, 3.8) is 0 Å². The lowest BCUT2D eigenvalue weighted by Crippen LogP contribution is -2.46. The molecule has 2 amide bonds. The van der Waals surface area contributed by atoms with Crippen LogP contribution in [0.4, 0.5) is 0 Å². The van der Waals surface area contributed by atoms with E-state index >= 15 is 0 Å². The number of hydrogen-bond acceptors (Lipinski definition) is 12. The fourth-order valence-electron chi connectivity index (χ4n) is 3.67. The first-order chi connectivity index (χ1) is 17.0. The minimum absolute atomic E-state index is 0.0124. The van der Waals surface area contributed by atoms with Crippen molar-refractivity contribution in [1.29, 1.82) is 0 Å². The fourth-order valence-corrected chi connectivity index (χ4v) is 3.67. The van der Waals surface area contributed by atoms with Gasteiger partial charge < -0.3 is 40.5 Å². The van der Waals surface area contributed by atoms with Crippen molar-refractivity contribution >= 4 is 29.5 Å². The molecule has 0 aromatic heterocycles. The molecule has 0 aromatic carbocycles. The molecule has 36 heavy (non-hydrogen) atoms. The summed E-state index contributed by atoms with van der Waals surface area (Å²) in [4.78, 5) is 73.5. The topological polar surface area (TPSA) is 236 Å². The third kappa shape index (κ3) is 8.69. The number of nitrogens with zero attached hydrogens (tertiary/aromatic N) is 1. The van der Waals surface area contributed by atoms with Gasteiger partial charge in [0.15, 0.2) is 12.2 Å². The highest BCUT2D eigenvalue weighted by Crippen LogP contribution is 2.30. The highest BCUT2D eigenvalue weighted by Gasteiger charge is 2.51. The van der Waals surface area contributed by atoms with Gasteiger partial charge in [-0.25, -0.2) is 4.79 Å². The summed E-state index contributed by atoms with van der Waals surface area (Å²) < 4.78 is 16.3. The number of fused-ring (bicyclic) bond motifs is 1. The molecule has 0 bridgehead atoms. The second-order valence-corrected chi connectivity index (χ2v) is 8.35. The molecular weight excluding hydrogens is 488 g/mol. The molecule has 202 valence electrons. The van der Waals surface area contributed by atoms with Gasteiger partial charge in [-0.1, -0.05) is 0 Å². The van der Waals surface area contributed by atoms with Gasteiger partial charge in [0.05, 0.1) is 13.2 Å². The van der Waals surface area contributed by atoms with Gasteiger partial charge in [0.1, 0.15) is 24.3 Å². The van der Waals surface area contributed by atoms with Gasteiger partial charge >= 0.3 is 11.9 Å². The highest BCUT2D eigenvalue weighted by molar-refractivity contribution is 6.35. The predicted molar refractivity (Wildman–Crippen MR) is 116 cm³/mol. The van der Waals surface area contributed by atoms with Crippen molar-refractivity contribution in [3.8, 4) is 0 Å². The smallest absolute Gasteiger partial charge is 0.329 e. The predicted octanol–water partition coefficient (Wildman–Crippen LogP) is -2.17. The van der Waals surface area contributed by atoms with Crippen molar-refractivity contribution in [1.82, 2.24) is 10.6 Å². The van der Waals surface area contributed by atoms with E-state index in [4.69, 9.17) is 25.1 Å². The number of carbonyl (C=O) groups excluding carboxylic acids is 4. The van der Waals surface area contributed by atoms with Crippen LogP contribution in [0.2, 0.25) is 0 Å². The molecule has 2 saturated heterocycles. The monoisotopic (exact) mass is 518 g/mol. The van der Waals surface area contributed by atoms with Crippen LogP contribution in [0.25, 0.3) is 0 Å². The second-order valence-electron chi connectivity index (χ2n) is 8.35. The van der Waals surface area contributed by atoms with Crippen LogP contribution in [0.1, 0.15) is 39.0 Å². The summed E-state index contributed by atoms with van der Waals surface area (Å²) in [6.07, 6.45) is -2.65. The Kier molecular flexibility index (Phi) is 10.9. The van der Waals surface area contributed by atoms with Gasteiger partial charge in [-0.2, -0.15) is 0 Å². The average Bonchev–Trinajstić information content (AvgIpc) is 3.38. The van der Waals surface area contributed by atoms with Crippen molar-refractivity contribution in [2.24, 2.45) is 5.73 Å². The zero-order chi connectivity index (χ0) is 26.8. The summed E-state index contributed by atoms with van der Waals surface area (Å²) in [6, 6.07) is -2.30. The van der Waals surface area contributed by atoms with E-state index in [1.807, 2.05) is 0 Å². The van der Waals surface area contributed by atoms with E-state index in [9.17, 15) is 34.1 Å². The van der Waals surface area contributed by atoms with Crippen LogP contribution in [-0.4, -0.2) is 96.0 Å². The molecule has 2 unspecified atom stereocenters. The van der Waals surface area contributed by atoms with E-state index in [1.165, 1.54) is 0 Å². The minimum Gasteiger partial charge on any atom is -0.480 e. The van der Waals surface area contributed by atoms with Gasteiger partial charge in [-0.15, -0.1) is 10.1 Å². The molecule has 2 heterocycles. The number of rotatable bonds is 15. The number of carboxylic acids is 1. The van der Waals surface area contributed by atoms with Crippen molar-refractivity contribution < 1.29 is 53.2 Å². The van der Waals surface area contributed by atoms with Gasteiger partial charge in [0, 0.05) is 19.9 Å². The fraction of sp³-hybridized carbons (Fsp3) is 0.750. The molecule has 0 aromatic rings. The number of nitrogens with one attached hydrogen (secondary N) is 2. The summed E-state index contributed by atoms with van der Waals surface area (Å²) in [6.45, 7) is 1.06. The third-order valence-electron chi connectivity index (χ3n) is 5.60. The lowest BCUT2D eigenvalue weighted by Gasteiger charge is -2.22. The van der Waals surface area contributed by atoms with E-state index in [-0.39, 0.29) is 44.9 Å². The third-order valence-corrected chi connectivity index (χ3v) is 5.60. The number of Topliss-reactive ketones (excluding diaryl/α,β-unsaturated/α-hetero) is 1. The maximum atomic E-state index is 12.8. The minimum atomic E-state index is -1.20. The summed E-state index contributed by atoms with van der Waals surface area (Å²) in [7, 11) is 0. The van der Waals surface area contributed by atoms with Crippen LogP contribution in [0.5, 0.6) is 0 Å². The summed E-state index contributed by atoms with van der Waals surface area (Å²) in [5.41, 5.74) is 5.35. The SMILES string of the molecule is CC(=O)C(=O)N[C@@H](CCCCNC(=O)CC[C@H](N)C(=O)O)C(=O)O[C@H]1COC2C1OC[C@H]2O[N+](=O)[O-]. The first kappa shape index (κ1) is 28.9. The van der Waals surface area contributed by atoms with Gasteiger partial charge in [0.2, 0.25) is 11.7 Å². The number of esters is 1. The van der Waals surface area contributed by atoms with Crippen molar-refractivity contribution in [2.75, 3.05) is 19.8 Å². The largest absolute Gasteiger partial charge is 0.480 e. The maximum Gasteiger partial charge on any atom is 0.329 e. The number of carboxylic acid groups (broad SMARTS) is 1. The van der Waals surface area contributed by atoms with Crippen molar-refractivity contribution in [2.45, 2.75) is 75.5 Å². The van der Waals surface area contributed by atoms with Crippen molar-refractivity contribution in [3.05, 3.63) is 10.1 Å². The molecule has 16 heteroatoms. The Bertz CT molecular complexity index is 853. The first-order valence-corrected chi connectivity index (χ1v) is 11.3. The molecule has 16 nitrogen and oxygen atoms in total. The Morgan fingerprint density at radius 3 is 2.36 bits per heavy atom. The number of ketones is 1. The zero-order valence-corrected chi connectivity index (χ0v) is 19.6. The lowest BCUT2D eigenvalue weighted by atomic mass is 10.1. The second kappa shape index (κ2) is 13.6. The molecule has 2 rings (SSSR count). The average molecular weight is 518 g/mol. The van der Waals surface area contributed by atoms with Crippen LogP contribution < -0.4 is 16.4 Å². The maximum absolute atomic E-state index is 12.8. The molecule has 0 aliphatic carbocycles. The zero-order valence-electron chi connectivity index (χ0n) is 19.6. The molecule has 5 N–H and O–H groups in total. The molecule has 2 fully saturated rings. The Hall–Kier alpha value is -3.37. The number of unbranched alkanes of at least 4 members (excludes halogenated alkanes) is 1.